The Hall–Kier alpha value is -6.44. The molecular formula is C54H41N. The molecule has 0 bridgehead atoms. The first kappa shape index (κ1) is 32.0. The van der Waals surface area contributed by atoms with Gasteiger partial charge in [0, 0.05) is 38.4 Å². The first-order valence-electron chi connectivity index (χ1n) is 19.5. The van der Waals surface area contributed by atoms with Gasteiger partial charge in [-0.25, -0.2) is 0 Å². The van der Waals surface area contributed by atoms with Gasteiger partial charge in [0.2, 0.25) is 0 Å². The number of nitrogens with zero attached hydrogens (tertiary/aromatic N) is 1. The maximum atomic E-state index is 2.54. The molecule has 1 heteroatoms. The van der Waals surface area contributed by atoms with Gasteiger partial charge in [0.05, 0.1) is 11.0 Å². The van der Waals surface area contributed by atoms with Crippen LogP contribution in [0.2, 0.25) is 0 Å². The fourth-order valence-corrected chi connectivity index (χ4v) is 10.0. The van der Waals surface area contributed by atoms with E-state index in [4.69, 9.17) is 0 Å². The van der Waals surface area contributed by atoms with Crippen LogP contribution in [0.3, 0.4) is 0 Å². The van der Waals surface area contributed by atoms with Gasteiger partial charge >= 0.3 is 0 Å². The van der Waals surface area contributed by atoms with E-state index in [-0.39, 0.29) is 10.8 Å². The fourth-order valence-electron chi connectivity index (χ4n) is 10.0. The van der Waals surface area contributed by atoms with E-state index in [0.717, 1.165) is 5.69 Å². The Morgan fingerprint density at radius 3 is 1.22 bits per heavy atom. The van der Waals surface area contributed by atoms with Crippen LogP contribution < -0.4 is 0 Å². The second-order valence-electron chi connectivity index (χ2n) is 16.5. The van der Waals surface area contributed by atoms with E-state index >= 15 is 0 Å². The van der Waals surface area contributed by atoms with Gasteiger partial charge in [-0.15, -0.1) is 0 Å². The number of aromatic nitrogens is 1. The third-order valence-electron chi connectivity index (χ3n) is 12.8. The van der Waals surface area contributed by atoms with Crippen LogP contribution in [-0.2, 0) is 10.8 Å². The lowest BCUT2D eigenvalue weighted by atomic mass is 9.82. The Morgan fingerprint density at radius 2 is 0.709 bits per heavy atom. The zero-order valence-corrected chi connectivity index (χ0v) is 31.7. The number of fused-ring (bicyclic) bond motifs is 9. The molecule has 2 aliphatic rings. The molecule has 0 saturated carbocycles. The van der Waals surface area contributed by atoms with E-state index in [1.807, 2.05) is 0 Å². The smallest absolute Gasteiger partial charge is 0.0619 e. The monoisotopic (exact) mass is 703 g/mol. The Kier molecular flexibility index (Phi) is 6.72. The van der Waals surface area contributed by atoms with Gasteiger partial charge in [0.25, 0.3) is 0 Å². The predicted octanol–water partition coefficient (Wildman–Crippen LogP) is 14.4. The van der Waals surface area contributed by atoms with Gasteiger partial charge in [-0.3, -0.25) is 0 Å². The van der Waals surface area contributed by atoms with Crippen LogP contribution in [0.5, 0.6) is 0 Å². The van der Waals surface area contributed by atoms with Crippen LogP contribution in [0.25, 0.3) is 83.1 Å². The predicted molar refractivity (Wildman–Crippen MR) is 232 cm³/mol. The molecule has 0 spiro atoms. The van der Waals surface area contributed by atoms with Crippen molar-refractivity contribution >= 4 is 21.8 Å². The third kappa shape index (κ3) is 4.53. The van der Waals surface area contributed by atoms with E-state index in [0.29, 0.717) is 0 Å². The van der Waals surface area contributed by atoms with Gasteiger partial charge in [0.15, 0.2) is 0 Å². The molecule has 0 atom stereocenters. The lowest BCUT2D eigenvalue weighted by Gasteiger charge is -2.21. The minimum atomic E-state index is -0.0354. The van der Waals surface area contributed by atoms with E-state index in [1.165, 1.54) is 99.7 Å². The molecule has 55 heavy (non-hydrogen) atoms. The number of hydrogen-bond donors (Lipinski definition) is 0. The lowest BCUT2D eigenvalue weighted by molar-refractivity contribution is 0.660. The van der Waals surface area contributed by atoms with Crippen molar-refractivity contribution in [2.45, 2.75) is 38.5 Å². The van der Waals surface area contributed by atoms with E-state index in [2.05, 4.69) is 208 Å². The molecule has 0 saturated heterocycles. The summed E-state index contributed by atoms with van der Waals surface area (Å²) in [6.45, 7) is 9.43. The van der Waals surface area contributed by atoms with Crippen molar-refractivity contribution in [2.75, 3.05) is 0 Å². The molecule has 0 N–H and O–H groups in total. The number of hydrogen-bond acceptors (Lipinski definition) is 0. The molecule has 1 aromatic heterocycles. The second kappa shape index (κ2) is 11.5. The highest BCUT2D eigenvalue weighted by molar-refractivity contribution is 6.17. The molecule has 9 aromatic rings. The van der Waals surface area contributed by atoms with Crippen LogP contribution in [-0.4, -0.2) is 4.57 Å². The van der Waals surface area contributed by atoms with Gasteiger partial charge in [-0.05, 0) is 91.0 Å². The maximum absolute atomic E-state index is 2.54. The minimum absolute atomic E-state index is 0.0354. The Bertz CT molecular complexity index is 2840. The molecule has 1 nitrogen and oxygen atoms in total. The molecule has 1 heterocycles. The lowest BCUT2D eigenvalue weighted by Crippen LogP contribution is -2.14. The number of rotatable bonds is 4. The second-order valence-corrected chi connectivity index (χ2v) is 16.5. The summed E-state index contributed by atoms with van der Waals surface area (Å²) in [4.78, 5) is 0. The summed E-state index contributed by atoms with van der Waals surface area (Å²) < 4.78 is 2.54. The number of para-hydroxylation sites is 2. The van der Waals surface area contributed by atoms with Crippen LogP contribution >= 0.6 is 0 Å². The van der Waals surface area contributed by atoms with Crippen molar-refractivity contribution in [3.05, 3.63) is 198 Å². The van der Waals surface area contributed by atoms with Crippen molar-refractivity contribution in [2.24, 2.45) is 0 Å². The standard InChI is InChI=1S/C54H41N/c1-53(2)47-22-10-8-16-41(47)45-32-36(26-30-49(45)53)39-18-12-20-43-44-21-13-19-40(37-27-31-50-46(33-37)42-17-9-11-23-48(42)54(50,3)4)52(44)55(51(39)43)38-28-24-35(25-29-38)34-14-6-5-7-15-34/h5-33H,1-4H3. The van der Waals surface area contributed by atoms with Crippen molar-refractivity contribution in [1.82, 2.24) is 4.57 Å². The van der Waals surface area contributed by atoms with Crippen LogP contribution in [0.15, 0.2) is 176 Å². The fraction of sp³-hybridized carbons (Fsp3) is 0.111. The summed E-state index contributed by atoms with van der Waals surface area (Å²) in [5.41, 5.74) is 21.9. The molecular weight excluding hydrogens is 663 g/mol. The summed E-state index contributed by atoms with van der Waals surface area (Å²) in [6.07, 6.45) is 0. The first-order chi connectivity index (χ1) is 26.8. The van der Waals surface area contributed by atoms with Crippen LogP contribution in [0.1, 0.15) is 49.9 Å². The topological polar surface area (TPSA) is 4.93 Å². The maximum Gasteiger partial charge on any atom is 0.0619 e. The van der Waals surface area contributed by atoms with Gasteiger partial charge < -0.3 is 4.57 Å². The first-order valence-corrected chi connectivity index (χ1v) is 19.5. The molecule has 8 aromatic carbocycles. The van der Waals surface area contributed by atoms with Crippen molar-refractivity contribution < 1.29 is 0 Å². The average Bonchev–Trinajstić information content (AvgIpc) is 3.78. The summed E-state index contributed by atoms with van der Waals surface area (Å²) in [5, 5.41) is 2.52. The number of benzene rings is 8. The van der Waals surface area contributed by atoms with Crippen LogP contribution in [0, 0.1) is 0 Å². The summed E-state index contributed by atoms with van der Waals surface area (Å²) >= 11 is 0. The summed E-state index contributed by atoms with van der Waals surface area (Å²) in [7, 11) is 0. The zero-order chi connectivity index (χ0) is 37.1. The molecule has 0 aliphatic heterocycles. The van der Waals surface area contributed by atoms with Gasteiger partial charge in [-0.1, -0.05) is 179 Å². The zero-order valence-electron chi connectivity index (χ0n) is 31.7. The Labute approximate surface area is 323 Å². The van der Waals surface area contributed by atoms with Crippen molar-refractivity contribution in [1.29, 1.82) is 0 Å². The molecule has 0 amide bonds. The third-order valence-corrected chi connectivity index (χ3v) is 12.8. The quantitative estimate of drug-likeness (QED) is 0.172. The van der Waals surface area contributed by atoms with Gasteiger partial charge in [0.1, 0.15) is 0 Å². The van der Waals surface area contributed by atoms with Gasteiger partial charge in [-0.2, -0.15) is 0 Å². The Balaban J connectivity index is 1.19. The highest BCUT2D eigenvalue weighted by Crippen LogP contribution is 2.52. The largest absolute Gasteiger partial charge is 0.308 e. The molecule has 0 fully saturated rings. The Morgan fingerprint density at radius 1 is 0.309 bits per heavy atom. The molecule has 262 valence electrons. The van der Waals surface area contributed by atoms with Crippen molar-refractivity contribution in [3.8, 4) is 61.3 Å². The highest BCUT2D eigenvalue weighted by Gasteiger charge is 2.36. The minimum Gasteiger partial charge on any atom is -0.308 e. The average molecular weight is 704 g/mol. The van der Waals surface area contributed by atoms with E-state index < -0.39 is 0 Å². The van der Waals surface area contributed by atoms with E-state index in [9.17, 15) is 0 Å². The highest BCUT2D eigenvalue weighted by atomic mass is 15.0. The molecule has 0 radical (unpaired) electrons. The normalized spacial score (nSPS) is 14.5. The summed E-state index contributed by atoms with van der Waals surface area (Å²) in [5.74, 6) is 0. The molecule has 0 unspecified atom stereocenters. The van der Waals surface area contributed by atoms with Crippen LogP contribution in [0.4, 0.5) is 0 Å². The van der Waals surface area contributed by atoms with Crippen molar-refractivity contribution in [3.63, 3.8) is 0 Å². The molecule has 11 rings (SSSR count). The summed E-state index contributed by atoms with van der Waals surface area (Å²) in [6, 6.07) is 65.8. The molecule has 2 aliphatic carbocycles. The SMILES string of the molecule is CC1(C)c2ccccc2-c2cc(-c3cccc4c5cccc(-c6ccc7c(c6)-c6ccccc6C7(C)C)c5n(-c5ccc(-c6ccccc6)cc5)c34)ccc21. The van der Waals surface area contributed by atoms with E-state index in [1.54, 1.807) is 0 Å².